The molecule has 1 saturated heterocycles. The fraction of sp³-hybridized carbons (Fsp3) is 0.417. The highest BCUT2D eigenvalue weighted by Gasteiger charge is 2.29. The Morgan fingerprint density at radius 3 is 2.59 bits per heavy atom. The molecule has 0 aliphatic carbocycles. The molecule has 4 rings (SSSR count). The maximum Gasteiger partial charge on any atom is 0.260 e. The number of hydrogen-bond donors (Lipinski definition) is 0. The SMILES string of the molecule is CC1CCCN(S(=O)(=O)c2ccc(C(=O)N(CCN(C)C)c3nc4ccc(Br)cc4s3)cc2)C1. The van der Waals surface area contributed by atoms with Crippen LogP contribution in [0.3, 0.4) is 0 Å². The normalized spacial score (nSPS) is 17.4. The lowest BCUT2D eigenvalue weighted by Crippen LogP contribution is -2.39. The fourth-order valence-electron chi connectivity index (χ4n) is 4.02. The molecule has 2 heterocycles. The topological polar surface area (TPSA) is 73.8 Å². The fourth-order valence-corrected chi connectivity index (χ4v) is 7.16. The summed E-state index contributed by atoms with van der Waals surface area (Å²) in [6.07, 6.45) is 1.92. The molecule has 1 atom stereocenters. The van der Waals surface area contributed by atoms with Crippen molar-refractivity contribution in [2.24, 2.45) is 5.92 Å². The van der Waals surface area contributed by atoms with Crippen molar-refractivity contribution in [2.45, 2.75) is 24.7 Å². The molecule has 1 aliphatic heterocycles. The lowest BCUT2D eigenvalue weighted by Gasteiger charge is -2.30. The Morgan fingerprint density at radius 2 is 1.91 bits per heavy atom. The molecule has 182 valence electrons. The number of rotatable bonds is 7. The zero-order valence-corrected chi connectivity index (χ0v) is 22.8. The molecule has 1 fully saturated rings. The van der Waals surface area contributed by atoms with Crippen LogP contribution < -0.4 is 4.90 Å². The van der Waals surface area contributed by atoms with Gasteiger partial charge in [-0.3, -0.25) is 9.69 Å². The number of halogens is 1. The summed E-state index contributed by atoms with van der Waals surface area (Å²) in [4.78, 5) is 22.1. The van der Waals surface area contributed by atoms with E-state index in [1.807, 2.05) is 37.2 Å². The maximum absolute atomic E-state index is 13.5. The largest absolute Gasteiger partial charge is 0.308 e. The molecule has 34 heavy (non-hydrogen) atoms. The molecule has 10 heteroatoms. The Bertz CT molecular complexity index is 1280. The van der Waals surface area contributed by atoms with Crippen molar-refractivity contribution in [3.63, 3.8) is 0 Å². The molecule has 1 amide bonds. The summed E-state index contributed by atoms with van der Waals surface area (Å²) in [7, 11) is 0.349. The molecule has 0 radical (unpaired) electrons. The summed E-state index contributed by atoms with van der Waals surface area (Å²) >= 11 is 4.95. The van der Waals surface area contributed by atoms with E-state index in [4.69, 9.17) is 0 Å². The van der Waals surface area contributed by atoms with E-state index in [1.165, 1.54) is 11.3 Å². The van der Waals surface area contributed by atoms with Gasteiger partial charge in [-0.25, -0.2) is 13.4 Å². The van der Waals surface area contributed by atoms with Crippen LogP contribution >= 0.6 is 27.3 Å². The standard InChI is InChI=1S/C24H29BrN4O3S2/c1-17-5-4-12-28(16-17)34(31,32)20-9-6-18(7-10-20)23(30)29(14-13-27(2)3)24-26-21-11-8-19(25)15-22(21)33-24/h6-11,15,17H,4-5,12-14,16H2,1-3H3. The number of fused-ring (bicyclic) bond motifs is 1. The number of anilines is 1. The summed E-state index contributed by atoms with van der Waals surface area (Å²) in [6.45, 7) is 4.30. The molecule has 1 aliphatic rings. The first-order chi connectivity index (χ1) is 16.1. The average Bonchev–Trinajstić information content (AvgIpc) is 3.21. The van der Waals surface area contributed by atoms with E-state index >= 15 is 0 Å². The highest BCUT2D eigenvalue weighted by atomic mass is 79.9. The van der Waals surface area contributed by atoms with Crippen LogP contribution in [0.15, 0.2) is 51.8 Å². The lowest BCUT2D eigenvalue weighted by molar-refractivity contribution is 0.0985. The van der Waals surface area contributed by atoms with E-state index in [0.717, 1.165) is 27.5 Å². The summed E-state index contributed by atoms with van der Waals surface area (Å²) in [5.41, 5.74) is 1.27. The van der Waals surface area contributed by atoms with Crippen LogP contribution in [0.2, 0.25) is 0 Å². The smallest absolute Gasteiger partial charge is 0.260 e. The molecule has 7 nitrogen and oxygen atoms in total. The molecule has 0 spiro atoms. The molecule has 0 bridgehead atoms. The molecule has 1 aromatic heterocycles. The van der Waals surface area contributed by atoms with Crippen molar-refractivity contribution < 1.29 is 13.2 Å². The van der Waals surface area contributed by atoms with Crippen LogP contribution in [0.1, 0.15) is 30.1 Å². The summed E-state index contributed by atoms with van der Waals surface area (Å²) < 4.78 is 29.7. The summed E-state index contributed by atoms with van der Waals surface area (Å²) in [5, 5.41) is 0.624. The number of carbonyl (C=O) groups excluding carboxylic acids is 1. The Kier molecular flexibility index (Phi) is 7.73. The minimum absolute atomic E-state index is 0.199. The number of sulfonamides is 1. The second kappa shape index (κ2) is 10.4. The lowest BCUT2D eigenvalue weighted by atomic mass is 10.0. The van der Waals surface area contributed by atoms with Crippen LogP contribution in [-0.2, 0) is 10.0 Å². The van der Waals surface area contributed by atoms with Crippen LogP contribution in [0.5, 0.6) is 0 Å². The number of aromatic nitrogens is 1. The zero-order chi connectivity index (χ0) is 24.5. The van der Waals surface area contributed by atoms with Gasteiger partial charge in [0.15, 0.2) is 5.13 Å². The second-order valence-corrected chi connectivity index (χ2v) is 12.9. The third kappa shape index (κ3) is 5.52. The van der Waals surface area contributed by atoms with Gasteiger partial charge in [0.25, 0.3) is 5.91 Å². The maximum atomic E-state index is 13.5. The van der Waals surface area contributed by atoms with E-state index in [9.17, 15) is 13.2 Å². The van der Waals surface area contributed by atoms with Crippen molar-refractivity contribution in [1.29, 1.82) is 0 Å². The average molecular weight is 566 g/mol. The number of benzene rings is 2. The predicted octanol–water partition coefficient (Wildman–Crippen LogP) is 4.69. The first-order valence-corrected chi connectivity index (χ1v) is 14.3. The van der Waals surface area contributed by atoms with Crippen molar-refractivity contribution in [3.8, 4) is 0 Å². The number of amides is 1. The van der Waals surface area contributed by atoms with Crippen molar-refractivity contribution >= 4 is 58.5 Å². The number of carbonyl (C=O) groups is 1. The third-order valence-corrected chi connectivity index (χ3v) is 9.36. The van der Waals surface area contributed by atoms with E-state index in [1.54, 1.807) is 33.5 Å². The molecule has 0 N–H and O–H groups in total. The second-order valence-electron chi connectivity index (χ2n) is 9.00. The van der Waals surface area contributed by atoms with Gasteiger partial charge in [-0.15, -0.1) is 0 Å². The zero-order valence-electron chi connectivity index (χ0n) is 19.6. The highest BCUT2D eigenvalue weighted by Crippen LogP contribution is 2.32. The molecule has 0 saturated carbocycles. The summed E-state index contributed by atoms with van der Waals surface area (Å²) in [6, 6.07) is 12.1. The van der Waals surface area contributed by atoms with Crippen molar-refractivity contribution in [1.82, 2.24) is 14.2 Å². The van der Waals surface area contributed by atoms with Gasteiger partial charge in [-0.05, 0) is 75.3 Å². The van der Waals surface area contributed by atoms with E-state index in [2.05, 4.69) is 27.8 Å². The van der Waals surface area contributed by atoms with Gasteiger partial charge in [0.1, 0.15) is 0 Å². The quantitative estimate of drug-likeness (QED) is 0.416. The van der Waals surface area contributed by atoms with Crippen molar-refractivity contribution in [2.75, 3.05) is 45.2 Å². The number of thiazole rings is 1. The van der Waals surface area contributed by atoms with Crippen LogP contribution in [0, 0.1) is 5.92 Å². The van der Waals surface area contributed by atoms with E-state index in [-0.39, 0.29) is 10.8 Å². The molecule has 3 aromatic rings. The van der Waals surface area contributed by atoms with Gasteiger partial charge in [0, 0.05) is 36.2 Å². The Balaban J connectivity index is 1.60. The Labute approximate surface area is 213 Å². The van der Waals surface area contributed by atoms with Gasteiger partial charge in [-0.2, -0.15) is 4.31 Å². The van der Waals surface area contributed by atoms with Crippen LogP contribution in [-0.4, -0.2) is 68.8 Å². The minimum atomic E-state index is -3.57. The van der Waals surface area contributed by atoms with Gasteiger partial charge in [0.05, 0.1) is 15.1 Å². The first kappa shape index (κ1) is 25.2. The number of piperidine rings is 1. The Hall–Kier alpha value is -1.85. The van der Waals surface area contributed by atoms with Gasteiger partial charge >= 0.3 is 0 Å². The number of nitrogens with zero attached hydrogens (tertiary/aromatic N) is 4. The Morgan fingerprint density at radius 1 is 1.18 bits per heavy atom. The number of likely N-dealkylation sites (N-methyl/N-ethyl adjacent to an activating group) is 1. The third-order valence-electron chi connectivity index (χ3n) is 5.94. The molecular formula is C24H29BrN4O3S2. The molecule has 2 aromatic carbocycles. The molecular weight excluding hydrogens is 536 g/mol. The van der Waals surface area contributed by atoms with Gasteiger partial charge < -0.3 is 4.90 Å². The molecule has 1 unspecified atom stereocenters. The highest BCUT2D eigenvalue weighted by molar-refractivity contribution is 9.10. The van der Waals surface area contributed by atoms with E-state index < -0.39 is 10.0 Å². The van der Waals surface area contributed by atoms with Gasteiger partial charge in [0.2, 0.25) is 10.0 Å². The van der Waals surface area contributed by atoms with Gasteiger partial charge in [-0.1, -0.05) is 34.2 Å². The summed E-state index contributed by atoms with van der Waals surface area (Å²) in [5.74, 6) is 0.152. The van der Waals surface area contributed by atoms with Crippen molar-refractivity contribution in [3.05, 3.63) is 52.5 Å². The van der Waals surface area contributed by atoms with E-state index in [0.29, 0.717) is 42.8 Å². The minimum Gasteiger partial charge on any atom is -0.308 e. The van der Waals surface area contributed by atoms with Crippen LogP contribution in [0.25, 0.3) is 10.2 Å². The predicted molar refractivity (Wildman–Crippen MR) is 141 cm³/mol. The van der Waals surface area contributed by atoms with Crippen LogP contribution in [0.4, 0.5) is 5.13 Å². The number of hydrogen-bond acceptors (Lipinski definition) is 6. The first-order valence-electron chi connectivity index (χ1n) is 11.3. The monoisotopic (exact) mass is 564 g/mol.